The van der Waals surface area contributed by atoms with Crippen LogP contribution in [0.15, 0.2) is 6.07 Å². The molecule has 1 fully saturated rings. The standard InChI is InChI=1S/C17H33N5O4S2Si/c1-14(12-23)18-15-11-16(20-17(27)19-15)22(13-26-9-10-29(2,3)4)28(24,25)21-7-5-6-8-21/h11,14,23H,5-10,12-13H2,1-4H3,(H2,18,19,20,27)/t14-/m1/s1. The fraction of sp³-hybridized carbons (Fsp3) is 0.765. The second-order valence-electron chi connectivity index (χ2n) is 8.50. The second kappa shape index (κ2) is 10.3. The Kier molecular flexibility index (Phi) is 8.61. The smallest absolute Gasteiger partial charge is 0.307 e. The SMILES string of the molecule is C[C@H](CO)Nc1cc(N(COCC[Si](C)(C)C)S(=O)(=O)N2CCCC2)nc(=S)[nH]1. The van der Waals surface area contributed by atoms with Crippen LogP contribution in [0.1, 0.15) is 19.8 Å². The van der Waals surface area contributed by atoms with Crippen LogP contribution < -0.4 is 9.62 Å². The minimum atomic E-state index is -3.78. The molecule has 0 unspecified atom stereocenters. The van der Waals surface area contributed by atoms with Crippen LogP contribution in [0.5, 0.6) is 0 Å². The quantitative estimate of drug-likeness (QED) is 0.200. The molecule has 1 aliphatic rings. The highest BCUT2D eigenvalue weighted by Crippen LogP contribution is 2.24. The van der Waals surface area contributed by atoms with Gasteiger partial charge in [-0.05, 0) is 38.0 Å². The number of rotatable bonds is 11. The van der Waals surface area contributed by atoms with Crippen LogP contribution >= 0.6 is 12.2 Å². The molecular weight excluding hydrogens is 430 g/mol. The number of aromatic amines is 1. The van der Waals surface area contributed by atoms with E-state index in [4.69, 9.17) is 17.0 Å². The van der Waals surface area contributed by atoms with Crippen molar-refractivity contribution in [2.45, 2.75) is 51.5 Å². The van der Waals surface area contributed by atoms with Gasteiger partial charge in [0.25, 0.3) is 0 Å². The number of aliphatic hydroxyl groups is 1. The number of H-pyrrole nitrogens is 1. The molecule has 0 aliphatic carbocycles. The molecule has 2 heterocycles. The summed E-state index contributed by atoms with van der Waals surface area (Å²) in [5.74, 6) is 0.687. The lowest BCUT2D eigenvalue weighted by Gasteiger charge is -2.28. The van der Waals surface area contributed by atoms with Crippen molar-refractivity contribution in [1.29, 1.82) is 0 Å². The summed E-state index contributed by atoms with van der Waals surface area (Å²) in [5.41, 5.74) is 0. The van der Waals surface area contributed by atoms with Gasteiger partial charge in [0.1, 0.15) is 12.5 Å². The van der Waals surface area contributed by atoms with Gasteiger partial charge < -0.3 is 20.1 Å². The van der Waals surface area contributed by atoms with E-state index in [2.05, 4.69) is 34.9 Å². The summed E-state index contributed by atoms with van der Waals surface area (Å²) in [6.45, 7) is 9.80. The molecule has 0 bridgehead atoms. The fourth-order valence-corrected chi connectivity index (χ4v) is 5.29. The third-order valence-electron chi connectivity index (χ3n) is 4.54. The van der Waals surface area contributed by atoms with Gasteiger partial charge in [0.05, 0.1) is 6.61 Å². The van der Waals surface area contributed by atoms with E-state index in [0.29, 0.717) is 25.5 Å². The van der Waals surface area contributed by atoms with Gasteiger partial charge in [-0.2, -0.15) is 12.7 Å². The maximum atomic E-state index is 13.3. The Bertz CT molecular complexity index is 822. The molecule has 9 nitrogen and oxygen atoms in total. The fourth-order valence-electron chi connectivity index (χ4n) is 2.80. The van der Waals surface area contributed by atoms with E-state index in [1.807, 2.05) is 0 Å². The third kappa shape index (κ3) is 7.29. The zero-order valence-corrected chi connectivity index (χ0v) is 20.3. The van der Waals surface area contributed by atoms with Crippen molar-refractivity contribution in [2.24, 2.45) is 0 Å². The zero-order chi connectivity index (χ0) is 21.7. The monoisotopic (exact) mass is 463 g/mol. The van der Waals surface area contributed by atoms with Crippen molar-refractivity contribution in [1.82, 2.24) is 14.3 Å². The van der Waals surface area contributed by atoms with Crippen LogP contribution in [0.3, 0.4) is 0 Å². The molecular formula is C17H33N5O4S2Si. The first kappa shape index (κ1) is 24.2. The number of ether oxygens (including phenoxy) is 1. The van der Waals surface area contributed by atoms with Crippen LogP contribution in [0.25, 0.3) is 0 Å². The molecule has 0 spiro atoms. The molecule has 12 heteroatoms. The Balaban J connectivity index is 2.30. The van der Waals surface area contributed by atoms with Crippen molar-refractivity contribution in [3.63, 3.8) is 0 Å². The normalized spacial score (nSPS) is 16.7. The van der Waals surface area contributed by atoms with Gasteiger partial charge in [0.2, 0.25) is 0 Å². The van der Waals surface area contributed by atoms with E-state index in [0.717, 1.165) is 18.9 Å². The number of anilines is 2. The molecule has 0 aromatic carbocycles. The number of nitrogens with zero attached hydrogens (tertiary/aromatic N) is 3. The molecule has 29 heavy (non-hydrogen) atoms. The molecule has 0 saturated carbocycles. The summed E-state index contributed by atoms with van der Waals surface area (Å²) in [4.78, 5) is 7.13. The third-order valence-corrected chi connectivity index (χ3v) is 8.30. The van der Waals surface area contributed by atoms with Gasteiger partial charge in [-0.25, -0.2) is 9.29 Å². The zero-order valence-electron chi connectivity index (χ0n) is 17.6. The summed E-state index contributed by atoms with van der Waals surface area (Å²) in [7, 11) is -5.08. The van der Waals surface area contributed by atoms with Gasteiger partial charge in [-0.3, -0.25) is 0 Å². The maximum absolute atomic E-state index is 13.3. The van der Waals surface area contributed by atoms with Gasteiger partial charge in [-0.1, -0.05) is 19.6 Å². The molecule has 2 rings (SSSR count). The topological polar surface area (TPSA) is 111 Å². The molecule has 3 N–H and O–H groups in total. The van der Waals surface area contributed by atoms with Gasteiger partial charge >= 0.3 is 10.2 Å². The Labute approximate surface area is 179 Å². The van der Waals surface area contributed by atoms with E-state index >= 15 is 0 Å². The summed E-state index contributed by atoms with van der Waals surface area (Å²) in [5, 5.41) is 12.3. The van der Waals surface area contributed by atoms with E-state index in [1.165, 1.54) is 8.61 Å². The Morgan fingerprint density at radius 2 is 2.07 bits per heavy atom. The average molecular weight is 464 g/mol. The van der Waals surface area contributed by atoms with Crippen LogP contribution in [0, 0.1) is 4.77 Å². The highest BCUT2D eigenvalue weighted by molar-refractivity contribution is 7.90. The van der Waals surface area contributed by atoms with Gasteiger partial charge in [0.15, 0.2) is 10.6 Å². The number of aliphatic hydroxyl groups excluding tert-OH is 1. The summed E-state index contributed by atoms with van der Waals surface area (Å²) in [6.07, 6.45) is 1.68. The number of hydrogen-bond acceptors (Lipinski definition) is 7. The maximum Gasteiger partial charge on any atom is 0.307 e. The van der Waals surface area contributed by atoms with Crippen molar-refractivity contribution >= 4 is 42.1 Å². The summed E-state index contributed by atoms with van der Waals surface area (Å²) in [6, 6.07) is 2.29. The molecule has 1 aromatic rings. The summed E-state index contributed by atoms with van der Waals surface area (Å²) >= 11 is 5.20. The van der Waals surface area contributed by atoms with Crippen LogP contribution in [0.2, 0.25) is 25.7 Å². The first-order valence-corrected chi connectivity index (χ1v) is 15.4. The molecule has 1 saturated heterocycles. The molecule has 0 radical (unpaired) electrons. The van der Waals surface area contributed by atoms with Crippen molar-refractivity contribution in [3.05, 3.63) is 10.8 Å². The van der Waals surface area contributed by atoms with Crippen molar-refractivity contribution in [3.8, 4) is 0 Å². The van der Waals surface area contributed by atoms with Crippen LogP contribution in [-0.4, -0.2) is 74.9 Å². The second-order valence-corrected chi connectivity index (χ2v) is 16.4. The van der Waals surface area contributed by atoms with E-state index < -0.39 is 18.3 Å². The highest BCUT2D eigenvalue weighted by Gasteiger charge is 2.33. The Hall–Kier alpha value is -1.05. The first-order chi connectivity index (χ1) is 13.5. The lowest BCUT2D eigenvalue weighted by molar-refractivity contribution is 0.155. The number of nitrogens with one attached hydrogen (secondary N) is 2. The first-order valence-electron chi connectivity index (χ1n) is 9.87. The predicted octanol–water partition coefficient (Wildman–Crippen LogP) is 2.39. The van der Waals surface area contributed by atoms with Crippen molar-refractivity contribution < 1.29 is 18.3 Å². The lowest BCUT2D eigenvalue weighted by atomic mass is 10.3. The van der Waals surface area contributed by atoms with Gasteiger partial charge in [-0.15, -0.1) is 0 Å². The molecule has 166 valence electrons. The van der Waals surface area contributed by atoms with E-state index in [-0.39, 0.29) is 30.0 Å². The minimum Gasteiger partial charge on any atom is -0.394 e. The molecule has 0 amide bonds. The van der Waals surface area contributed by atoms with E-state index in [1.54, 1.807) is 13.0 Å². The molecule has 1 atom stereocenters. The minimum absolute atomic E-state index is 0.0755. The van der Waals surface area contributed by atoms with E-state index in [9.17, 15) is 13.5 Å². The Morgan fingerprint density at radius 1 is 1.41 bits per heavy atom. The number of aromatic nitrogens is 2. The molecule has 1 aliphatic heterocycles. The van der Waals surface area contributed by atoms with Crippen LogP contribution in [0.4, 0.5) is 11.6 Å². The molecule has 1 aromatic heterocycles. The lowest BCUT2D eigenvalue weighted by Crippen LogP contribution is -2.44. The highest BCUT2D eigenvalue weighted by atomic mass is 32.2. The predicted molar refractivity (Wildman–Crippen MR) is 121 cm³/mol. The van der Waals surface area contributed by atoms with Crippen LogP contribution in [-0.2, 0) is 14.9 Å². The Morgan fingerprint density at radius 3 is 2.66 bits per heavy atom. The van der Waals surface area contributed by atoms with Gasteiger partial charge in [0, 0.05) is 39.9 Å². The summed E-state index contributed by atoms with van der Waals surface area (Å²) < 4.78 is 35.1. The number of hydrogen-bond donors (Lipinski definition) is 3. The van der Waals surface area contributed by atoms with Crippen molar-refractivity contribution in [2.75, 3.05) is 42.7 Å². The average Bonchev–Trinajstić information content (AvgIpc) is 3.15. The largest absolute Gasteiger partial charge is 0.394 e.